The maximum absolute atomic E-state index is 11.3. The van der Waals surface area contributed by atoms with Crippen LogP contribution in [-0.4, -0.2) is 48.4 Å². The Morgan fingerprint density at radius 3 is 2.89 bits per heavy atom. The normalized spacial score (nSPS) is 11.1. The molecule has 0 aliphatic rings. The van der Waals surface area contributed by atoms with Crippen molar-refractivity contribution >= 4 is 34.1 Å². The highest BCUT2D eigenvalue weighted by atomic mass is 32.1. The minimum atomic E-state index is -1.25. The van der Waals surface area contributed by atoms with Gasteiger partial charge in [-0.3, -0.25) is 4.79 Å². The maximum atomic E-state index is 11.3. The van der Waals surface area contributed by atoms with Crippen LogP contribution < -0.4 is 10.6 Å². The molecule has 8 nitrogen and oxygen atoms in total. The number of hydrogen-bond acceptors (Lipinski definition) is 7. The molecule has 0 aliphatic carbocycles. The van der Waals surface area contributed by atoms with Crippen LogP contribution in [0.3, 0.4) is 0 Å². The minimum absolute atomic E-state index is 0.133. The molecule has 3 N–H and O–H groups in total. The molecule has 0 bridgehead atoms. The molecule has 1 amide bonds. The standard InChI is InChI=1S/C9H12N4O4S/c1-10-3-6(14)12-9-11-5(4-18-9)7(8(15)16)13-17-2/h4,10H,3H2,1-2H3,(H,15,16)(H,11,12,14). The van der Waals surface area contributed by atoms with Crippen molar-refractivity contribution in [2.75, 3.05) is 26.0 Å². The zero-order valence-corrected chi connectivity index (χ0v) is 10.6. The van der Waals surface area contributed by atoms with Crippen LogP contribution in [0.2, 0.25) is 0 Å². The van der Waals surface area contributed by atoms with Crippen molar-refractivity contribution in [2.45, 2.75) is 0 Å². The molecule has 0 spiro atoms. The van der Waals surface area contributed by atoms with E-state index < -0.39 is 5.97 Å². The van der Waals surface area contributed by atoms with Gasteiger partial charge >= 0.3 is 5.97 Å². The highest BCUT2D eigenvalue weighted by molar-refractivity contribution is 7.14. The first-order chi connectivity index (χ1) is 8.58. The van der Waals surface area contributed by atoms with Gasteiger partial charge in [-0.2, -0.15) is 0 Å². The fourth-order valence-corrected chi connectivity index (χ4v) is 1.76. The van der Waals surface area contributed by atoms with E-state index in [1.807, 2.05) is 0 Å². The summed E-state index contributed by atoms with van der Waals surface area (Å²) in [5.74, 6) is -1.52. The molecule has 0 atom stereocenters. The number of aliphatic carboxylic acids is 1. The second-order valence-electron chi connectivity index (χ2n) is 3.04. The third-order valence-electron chi connectivity index (χ3n) is 1.72. The third kappa shape index (κ3) is 3.79. The van der Waals surface area contributed by atoms with Gasteiger partial charge in [0.15, 0.2) is 5.13 Å². The molecule has 0 saturated carbocycles. The van der Waals surface area contributed by atoms with E-state index in [1.54, 1.807) is 7.05 Å². The first kappa shape index (κ1) is 14.1. The molecule has 1 aromatic heterocycles. The lowest BCUT2D eigenvalue weighted by Gasteiger charge is -1.99. The lowest BCUT2D eigenvalue weighted by Crippen LogP contribution is -2.25. The number of hydrogen-bond donors (Lipinski definition) is 3. The number of carboxylic acids is 1. The van der Waals surface area contributed by atoms with Gasteiger partial charge in [0, 0.05) is 5.38 Å². The zero-order chi connectivity index (χ0) is 13.5. The first-order valence-electron chi connectivity index (χ1n) is 4.83. The summed E-state index contributed by atoms with van der Waals surface area (Å²) in [5.41, 5.74) is -0.183. The van der Waals surface area contributed by atoms with E-state index in [0.29, 0.717) is 5.13 Å². The van der Waals surface area contributed by atoms with Gasteiger partial charge in [-0.1, -0.05) is 5.16 Å². The summed E-state index contributed by atoms with van der Waals surface area (Å²) < 4.78 is 0. The van der Waals surface area contributed by atoms with Crippen LogP contribution in [0.4, 0.5) is 5.13 Å². The van der Waals surface area contributed by atoms with Crippen LogP contribution in [0.25, 0.3) is 0 Å². The Kier molecular flexibility index (Phi) is 5.21. The van der Waals surface area contributed by atoms with E-state index >= 15 is 0 Å². The predicted molar refractivity (Wildman–Crippen MR) is 65.9 cm³/mol. The predicted octanol–water partition coefficient (Wildman–Crippen LogP) is -0.264. The van der Waals surface area contributed by atoms with E-state index in [2.05, 4.69) is 25.6 Å². The molecule has 0 aromatic carbocycles. The number of carbonyl (C=O) groups is 2. The van der Waals surface area contributed by atoms with E-state index in [0.717, 1.165) is 11.3 Å². The largest absolute Gasteiger partial charge is 0.476 e. The smallest absolute Gasteiger partial charge is 0.360 e. The number of nitrogens with one attached hydrogen (secondary N) is 2. The molecule has 0 saturated heterocycles. The molecule has 0 aliphatic heterocycles. The highest BCUT2D eigenvalue weighted by Crippen LogP contribution is 2.16. The number of nitrogens with zero attached hydrogens (tertiary/aromatic N) is 2. The van der Waals surface area contributed by atoms with Gasteiger partial charge in [-0.15, -0.1) is 11.3 Å². The van der Waals surface area contributed by atoms with Crippen LogP contribution in [0.1, 0.15) is 5.69 Å². The Morgan fingerprint density at radius 1 is 1.61 bits per heavy atom. The van der Waals surface area contributed by atoms with E-state index in [9.17, 15) is 9.59 Å². The average molecular weight is 272 g/mol. The van der Waals surface area contributed by atoms with Crippen molar-refractivity contribution < 1.29 is 19.5 Å². The summed E-state index contributed by atoms with van der Waals surface area (Å²) in [7, 11) is 2.88. The summed E-state index contributed by atoms with van der Waals surface area (Å²) >= 11 is 1.10. The van der Waals surface area contributed by atoms with Crippen molar-refractivity contribution in [1.82, 2.24) is 10.3 Å². The number of aromatic nitrogens is 1. The molecule has 0 fully saturated rings. The van der Waals surface area contributed by atoms with Crippen LogP contribution in [0, 0.1) is 0 Å². The van der Waals surface area contributed by atoms with Gasteiger partial charge in [0.1, 0.15) is 12.8 Å². The second-order valence-corrected chi connectivity index (χ2v) is 3.90. The molecule has 1 heterocycles. The molecule has 1 rings (SSSR count). The van der Waals surface area contributed by atoms with Gasteiger partial charge in [-0.25, -0.2) is 9.78 Å². The fraction of sp³-hybridized carbons (Fsp3) is 0.333. The summed E-state index contributed by atoms with van der Waals surface area (Å²) in [4.78, 5) is 30.5. The zero-order valence-electron chi connectivity index (χ0n) is 9.76. The molecule has 0 radical (unpaired) electrons. The summed E-state index contributed by atoms with van der Waals surface area (Å²) in [5, 5.41) is 19.2. The molecule has 9 heteroatoms. The Labute approximate surface area is 107 Å². The first-order valence-corrected chi connectivity index (χ1v) is 5.71. The van der Waals surface area contributed by atoms with E-state index in [-0.39, 0.29) is 23.9 Å². The Hall–Kier alpha value is -2.00. The van der Waals surface area contributed by atoms with Gasteiger partial charge in [-0.05, 0) is 7.05 Å². The molecule has 18 heavy (non-hydrogen) atoms. The highest BCUT2D eigenvalue weighted by Gasteiger charge is 2.17. The average Bonchev–Trinajstić information content (AvgIpc) is 2.73. The molecular formula is C9H12N4O4S. The quantitative estimate of drug-likeness (QED) is 0.485. The minimum Gasteiger partial charge on any atom is -0.476 e. The summed E-state index contributed by atoms with van der Waals surface area (Å²) in [6.07, 6.45) is 0. The topological polar surface area (TPSA) is 113 Å². The summed E-state index contributed by atoms with van der Waals surface area (Å²) in [6, 6.07) is 0. The van der Waals surface area contributed by atoms with Crippen molar-refractivity contribution in [3.05, 3.63) is 11.1 Å². The van der Waals surface area contributed by atoms with E-state index in [1.165, 1.54) is 12.5 Å². The lowest BCUT2D eigenvalue weighted by molar-refractivity contribution is -0.129. The van der Waals surface area contributed by atoms with Crippen LogP contribution in [0.5, 0.6) is 0 Å². The van der Waals surface area contributed by atoms with Crippen molar-refractivity contribution in [2.24, 2.45) is 5.16 Å². The maximum Gasteiger partial charge on any atom is 0.360 e. The number of thiazole rings is 1. The molecule has 98 valence electrons. The molecule has 1 aromatic rings. The second kappa shape index (κ2) is 6.67. The van der Waals surface area contributed by atoms with Crippen LogP contribution >= 0.6 is 11.3 Å². The fourth-order valence-electron chi connectivity index (χ4n) is 1.05. The van der Waals surface area contributed by atoms with Gasteiger partial charge in [0.05, 0.1) is 6.54 Å². The SMILES string of the molecule is CNCC(=O)Nc1nc(C(=NOC)C(=O)O)cs1. The number of likely N-dealkylation sites (N-methyl/N-ethyl adjacent to an activating group) is 1. The Morgan fingerprint density at radius 2 is 2.33 bits per heavy atom. The third-order valence-corrected chi connectivity index (χ3v) is 2.47. The van der Waals surface area contributed by atoms with Crippen LogP contribution in [0.15, 0.2) is 10.5 Å². The lowest BCUT2D eigenvalue weighted by atomic mass is 10.3. The number of oxime groups is 1. The number of amides is 1. The molecular weight excluding hydrogens is 260 g/mol. The van der Waals surface area contributed by atoms with Gasteiger partial charge in [0.2, 0.25) is 11.6 Å². The number of carboxylic acid groups (broad SMARTS) is 1. The monoisotopic (exact) mass is 272 g/mol. The number of rotatable bonds is 6. The van der Waals surface area contributed by atoms with Crippen LogP contribution in [-0.2, 0) is 14.4 Å². The molecule has 0 unspecified atom stereocenters. The number of anilines is 1. The van der Waals surface area contributed by atoms with Gasteiger partial charge < -0.3 is 20.6 Å². The number of carbonyl (C=O) groups excluding carboxylic acids is 1. The van der Waals surface area contributed by atoms with Crippen molar-refractivity contribution in [3.63, 3.8) is 0 Å². The van der Waals surface area contributed by atoms with Gasteiger partial charge in [0.25, 0.3) is 0 Å². The van der Waals surface area contributed by atoms with Crippen molar-refractivity contribution in [1.29, 1.82) is 0 Å². The van der Waals surface area contributed by atoms with Crippen molar-refractivity contribution in [3.8, 4) is 0 Å². The van der Waals surface area contributed by atoms with E-state index in [4.69, 9.17) is 5.11 Å². The Bertz CT molecular complexity index is 471. The Balaban J connectivity index is 2.82. The summed E-state index contributed by atoms with van der Waals surface area (Å²) in [6.45, 7) is 0.146.